The topological polar surface area (TPSA) is 6.48 Å². The van der Waals surface area contributed by atoms with Crippen molar-refractivity contribution >= 4 is 0 Å². The lowest BCUT2D eigenvalue weighted by atomic mass is 10.1. The number of nitrogens with zero attached hydrogens (tertiary/aromatic N) is 2. The Morgan fingerprint density at radius 3 is 2.08 bits per heavy atom. The highest BCUT2D eigenvalue weighted by atomic mass is 15.3. The Morgan fingerprint density at radius 1 is 1.00 bits per heavy atom. The van der Waals surface area contributed by atoms with E-state index in [1.54, 1.807) is 0 Å². The molecule has 2 nitrogen and oxygen atoms in total. The van der Waals surface area contributed by atoms with Gasteiger partial charge in [0.25, 0.3) is 0 Å². The second kappa shape index (κ2) is 2.24. The fraction of sp³-hybridized carbons (Fsp3) is 1.00. The summed E-state index contributed by atoms with van der Waals surface area (Å²) in [5, 5.41) is 0. The molecule has 2 saturated heterocycles. The molecule has 3 fully saturated rings. The van der Waals surface area contributed by atoms with Crippen LogP contribution in [0.4, 0.5) is 0 Å². The number of hydrogen-bond donors (Lipinski definition) is 0. The number of rotatable bonds is 1. The Hall–Kier alpha value is -0.0800. The first-order valence-electron chi connectivity index (χ1n) is 5.18. The van der Waals surface area contributed by atoms with Crippen LogP contribution in [-0.4, -0.2) is 49.1 Å². The monoisotopic (exact) mass is 166 g/mol. The average molecular weight is 166 g/mol. The smallest absolute Gasteiger partial charge is 0.0350 e. The van der Waals surface area contributed by atoms with Crippen molar-refractivity contribution in [2.45, 2.75) is 13.0 Å². The molecule has 0 N–H and O–H groups in total. The lowest BCUT2D eigenvalue weighted by Crippen LogP contribution is -2.57. The molecule has 1 aliphatic carbocycles. The lowest BCUT2D eigenvalue weighted by Gasteiger charge is -2.42. The molecule has 0 aromatic carbocycles. The molecule has 3 aliphatic rings. The normalized spacial score (nSPS) is 49.0. The van der Waals surface area contributed by atoms with E-state index >= 15 is 0 Å². The molecule has 0 bridgehead atoms. The number of piperidine rings is 1. The fourth-order valence-electron chi connectivity index (χ4n) is 3.05. The van der Waals surface area contributed by atoms with E-state index < -0.39 is 0 Å². The van der Waals surface area contributed by atoms with Crippen molar-refractivity contribution in [3.05, 3.63) is 0 Å². The average Bonchev–Trinajstić information content (AvgIpc) is 2.51. The molecule has 0 amide bonds. The van der Waals surface area contributed by atoms with Crippen LogP contribution in [0.15, 0.2) is 0 Å². The molecule has 0 aromatic rings. The predicted molar refractivity (Wildman–Crippen MR) is 49.0 cm³/mol. The number of hydrogen-bond acceptors (Lipinski definition) is 2. The maximum atomic E-state index is 2.72. The second-order valence-corrected chi connectivity index (χ2v) is 5.02. The standard InChI is InChI=1S/C10H18N2/c1-7-9-5-12(6-10(7)9)8-3-11(2)4-8/h7-10H,3-6H2,1-2H3/t7?,9-,10+. The summed E-state index contributed by atoms with van der Waals surface area (Å²) >= 11 is 0. The number of fused-ring (bicyclic) bond motifs is 1. The summed E-state index contributed by atoms with van der Waals surface area (Å²) in [4.78, 5) is 5.13. The molecule has 3 rings (SSSR count). The van der Waals surface area contributed by atoms with Gasteiger partial charge in [-0.15, -0.1) is 0 Å². The lowest BCUT2D eigenvalue weighted by molar-refractivity contribution is 0.0585. The Balaban J connectivity index is 1.55. The van der Waals surface area contributed by atoms with E-state index in [1.165, 1.54) is 26.2 Å². The van der Waals surface area contributed by atoms with Gasteiger partial charge in [0.1, 0.15) is 0 Å². The van der Waals surface area contributed by atoms with Crippen LogP contribution in [0.2, 0.25) is 0 Å². The minimum absolute atomic E-state index is 0.912. The maximum absolute atomic E-state index is 2.72. The van der Waals surface area contributed by atoms with Gasteiger partial charge in [0, 0.05) is 32.2 Å². The first-order valence-corrected chi connectivity index (χ1v) is 5.18. The third-order valence-corrected chi connectivity index (χ3v) is 4.21. The van der Waals surface area contributed by atoms with Crippen LogP contribution < -0.4 is 0 Å². The van der Waals surface area contributed by atoms with Crippen LogP contribution in [0.3, 0.4) is 0 Å². The highest BCUT2D eigenvalue weighted by Crippen LogP contribution is 2.51. The van der Waals surface area contributed by atoms with Gasteiger partial charge in [0.05, 0.1) is 0 Å². The van der Waals surface area contributed by atoms with Crippen LogP contribution in [0.25, 0.3) is 0 Å². The van der Waals surface area contributed by atoms with Crippen molar-refractivity contribution in [1.29, 1.82) is 0 Å². The van der Waals surface area contributed by atoms with Gasteiger partial charge in [0.15, 0.2) is 0 Å². The van der Waals surface area contributed by atoms with Crippen molar-refractivity contribution in [3.63, 3.8) is 0 Å². The summed E-state index contributed by atoms with van der Waals surface area (Å²) in [5.74, 6) is 3.21. The van der Waals surface area contributed by atoms with E-state index in [2.05, 4.69) is 23.8 Å². The first kappa shape index (κ1) is 7.34. The van der Waals surface area contributed by atoms with Crippen LogP contribution in [0, 0.1) is 17.8 Å². The second-order valence-electron chi connectivity index (χ2n) is 5.02. The van der Waals surface area contributed by atoms with Crippen molar-refractivity contribution < 1.29 is 0 Å². The maximum Gasteiger partial charge on any atom is 0.0350 e. The van der Waals surface area contributed by atoms with Gasteiger partial charge in [-0.3, -0.25) is 4.90 Å². The predicted octanol–water partition coefficient (Wildman–Crippen LogP) is 0.498. The highest BCUT2D eigenvalue weighted by molar-refractivity contribution is 5.05. The first-order chi connectivity index (χ1) is 5.75. The van der Waals surface area contributed by atoms with Crippen molar-refractivity contribution in [2.24, 2.45) is 17.8 Å². The summed E-state index contributed by atoms with van der Waals surface area (Å²) < 4.78 is 0. The largest absolute Gasteiger partial charge is 0.303 e. The van der Waals surface area contributed by atoms with Gasteiger partial charge in [0.2, 0.25) is 0 Å². The molecule has 0 spiro atoms. The zero-order chi connectivity index (χ0) is 8.29. The molecule has 2 heterocycles. The zero-order valence-electron chi connectivity index (χ0n) is 8.03. The number of likely N-dealkylation sites (N-methyl/N-ethyl adjacent to an activating group) is 1. The van der Waals surface area contributed by atoms with Crippen molar-refractivity contribution in [1.82, 2.24) is 9.80 Å². The van der Waals surface area contributed by atoms with Gasteiger partial charge in [-0.1, -0.05) is 6.92 Å². The highest BCUT2D eigenvalue weighted by Gasteiger charge is 2.54. The van der Waals surface area contributed by atoms with Gasteiger partial charge >= 0.3 is 0 Å². The Kier molecular flexibility index (Phi) is 1.37. The van der Waals surface area contributed by atoms with Gasteiger partial charge in [-0.2, -0.15) is 0 Å². The van der Waals surface area contributed by atoms with Gasteiger partial charge in [-0.25, -0.2) is 0 Å². The van der Waals surface area contributed by atoms with E-state index in [9.17, 15) is 0 Å². The molecular formula is C10H18N2. The third kappa shape index (κ3) is 0.882. The van der Waals surface area contributed by atoms with E-state index in [1.807, 2.05) is 0 Å². The van der Waals surface area contributed by atoms with Gasteiger partial charge in [-0.05, 0) is 24.8 Å². The molecule has 0 aromatic heterocycles. The summed E-state index contributed by atoms with van der Waals surface area (Å²) in [5.41, 5.74) is 0. The van der Waals surface area contributed by atoms with E-state index in [0.29, 0.717) is 0 Å². The quantitative estimate of drug-likeness (QED) is 0.559. The molecule has 0 radical (unpaired) electrons. The van der Waals surface area contributed by atoms with E-state index in [0.717, 1.165) is 23.8 Å². The van der Waals surface area contributed by atoms with Crippen LogP contribution in [-0.2, 0) is 0 Å². The van der Waals surface area contributed by atoms with Crippen LogP contribution >= 0.6 is 0 Å². The molecule has 2 aliphatic heterocycles. The summed E-state index contributed by atoms with van der Waals surface area (Å²) in [6.07, 6.45) is 0. The van der Waals surface area contributed by atoms with Crippen LogP contribution in [0.5, 0.6) is 0 Å². The molecule has 1 unspecified atom stereocenters. The van der Waals surface area contributed by atoms with Gasteiger partial charge < -0.3 is 4.90 Å². The van der Waals surface area contributed by atoms with Crippen molar-refractivity contribution in [2.75, 3.05) is 33.2 Å². The number of likely N-dealkylation sites (tertiary alicyclic amines) is 2. The van der Waals surface area contributed by atoms with Crippen LogP contribution in [0.1, 0.15) is 6.92 Å². The summed E-state index contributed by atoms with van der Waals surface area (Å²) in [6.45, 7) is 7.86. The Morgan fingerprint density at radius 2 is 1.58 bits per heavy atom. The summed E-state index contributed by atoms with van der Waals surface area (Å²) in [6, 6.07) is 0.912. The molecule has 2 heteroatoms. The Bertz CT molecular complexity index is 186. The van der Waals surface area contributed by atoms with Crippen molar-refractivity contribution in [3.8, 4) is 0 Å². The summed E-state index contributed by atoms with van der Waals surface area (Å²) in [7, 11) is 2.22. The molecule has 12 heavy (non-hydrogen) atoms. The third-order valence-electron chi connectivity index (χ3n) is 4.21. The van der Waals surface area contributed by atoms with E-state index in [-0.39, 0.29) is 0 Å². The molecule has 1 saturated carbocycles. The minimum atomic E-state index is 0.912. The Labute approximate surface area is 74.5 Å². The van der Waals surface area contributed by atoms with E-state index in [4.69, 9.17) is 0 Å². The zero-order valence-corrected chi connectivity index (χ0v) is 8.03. The molecule has 3 atom stereocenters. The molecule has 68 valence electrons. The fourth-order valence-corrected chi connectivity index (χ4v) is 3.05. The molecular weight excluding hydrogens is 148 g/mol. The SMILES string of the molecule is CC1[C@H]2CN(C3CN(C)C3)C[C@@H]12. The minimum Gasteiger partial charge on any atom is -0.303 e.